The Kier molecular flexibility index (Phi) is 10.3. The normalized spacial score (nSPS) is 11.5. The van der Waals surface area contributed by atoms with Gasteiger partial charge in [-0.2, -0.15) is 0 Å². The maximum absolute atomic E-state index is 11.9. The number of aryl methyl sites for hydroxylation is 1. The lowest BCUT2D eigenvalue weighted by molar-refractivity contribution is -0.127. The topological polar surface area (TPSA) is 104 Å². The van der Waals surface area contributed by atoms with Crippen molar-refractivity contribution >= 4 is 45.7 Å². The summed E-state index contributed by atoms with van der Waals surface area (Å²) in [6.07, 6.45) is 3.50. The van der Waals surface area contributed by atoms with Crippen molar-refractivity contribution in [2.75, 3.05) is 33.4 Å². The van der Waals surface area contributed by atoms with Crippen molar-refractivity contribution in [1.82, 2.24) is 15.5 Å². The molecular weight excluding hydrogens is 519 g/mol. The quantitative estimate of drug-likeness (QED) is 0.297. The van der Waals surface area contributed by atoms with Gasteiger partial charge in [-0.15, -0.1) is 24.0 Å². The molecular formula is C20H29IN4O4S. The van der Waals surface area contributed by atoms with Crippen LogP contribution in [-0.4, -0.2) is 58.6 Å². The van der Waals surface area contributed by atoms with E-state index in [2.05, 4.69) is 15.6 Å². The predicted octanol–water partition coefficient (Wildman–Crippen LogP) is 1.98. The number of nitrogens with one attached hydrogen (secondary N) is 2. The zero-order valence-corrected chi connectivity index (χ0v) is 20.8. The van der Waals surface area contributed by atoms with Crippen molar-refractivity contribution in [3.63, 3.8) is 0 Å². The first-order valence-corrected chi connectivity index (χ1v) is 11.1. The van der Waals surface area contributed by atoms with Crippen molar-refractivity contribution < 1.29 is 17.6 Å². The Balaban J connectivity index is 0.00000450. The Bertz CT molecular complexity index is 957. The molecule has 0 aliphatic carbocycles. The van der Waals surface area contributed by atoms with Gasteiger partial charge in [0.15, 0.2) is 15.8 Å². The van der Waals surface area contributed by atoms with Crippen LogP contribution in [0.15, 0.2) is 50.9 Å². The predicted molar refractivity (Wildman–Crippen MR) is 128 cm³/mol. The average Bonchev–Trinajstić information content (AvgIpc) is 3.15. The van der Waals surface area contributed by atoms with Crippen molar-refractivity contribution in [3.8, 4) is 0 Å². The number of carbonyl (C=O) groups is 1. The molecule has 0 aliphatic rings. The van der Waals surface area contributed by atoms with Crippen LogP contribution in [0.2, 0.25) is 0 Å². The molecule has 10 heteroatoms. The standard InChI is InChI=1S/C20H28N4O4S.HI/c1-15-12-16(7-8-18(15)29(4,26)27)13-22-20(23-14-19(25)24(2)3)21-10-9-17-6-5-11-28-17;/h5-8,11-12H,9-10,13-14H2,1-4H3,(H2,21,22,23);1H. The fourth-order valence-corrected chi connectivity index (χ4v) is 3.61. The Morgan fingerprint density at radius 1 is 1.20 bits per heavy atom. The summed E-state index contributed by atoms with van der Waals surface area (Å²) < 4.78 is 28.8. The summed E-state index contributed by atoms with van der Waals surface area (Å²) in [6.45, 7) is 2.81. The van der Waals surface area contributed by atoms with E-state index in [1.807, 2.05) is 18.2 Å². The van der Waals surface area contributed by atoms with Crippen molar-refractivity contribution in [3.05, 3.63) is 53.5 Å². The summed E-state index contributed by atoms with van der Waals surface area (Å²) in [5.41, 5.74) is 1.56. The van der Waals surface area contributed by atoms with E-state index in [0.29, 0.717) is 35.9 Å². The first-order chi connectivity index (χ1) is 13.7. The molecule has 0 unspecified atom stereocenters. The number of hydrogen-bond acceptors (Lipinski definition) is 5. The molecule has 2 N–H and O–H groups in total. The van der Waals surface area contributed by atoms with E-state index in [1.165, 1.54) is 11.2 Å². The summed E-state index contributed by atoms with van der Waals surface area (Å²) >= 11 is 0. The Morgan fingerprint density at radius 2 is 1.93 bits per heavy atom. The highest BCUT2D eigenvalue weighted by atomic mass is 127. The summed E-state index contributed by atoms with van der Waals surface area (Å²) in [5, 5.41) is 6.21. The molecule has 0 spiro atoms. The molecule has 2 rings (SSSR count). The van der Waals surface area contributed by atoms with Crippen LogP contribution in [0.4, 0.5) is 0 Å². The molecule has 0 saturated carbocycles. The van der Waals surface area contributed by atoms with Crippen LogP contribution < -0.4 is 10.6 Å². The molecule has 1 aromatic heterocycles. The van der Waals surface area contributed by atoms with Crippen LogP contribution in [0.25, 0.3) is 0 Å². The first-order valence-electron chi connectivity index (χ1n) is 9.21. The van der Waals surface area contributed by atoms with E-state index in [4.69, 9.17) is 4.42 Å². The van der Waals surface area contributed by atoms with Crippen molar-refractivity contribution in [2.24, 2.45) is 4.99 Å². The van der Waals surface area contributed by atoms with Crippen LogP contribution >= 0.6 is 24.0 Å². The summed E-state index contributed by atoms with van der Waals surface area (Å²) in [7, 11) is 0.131. The van der Waals surface area contributed by atoms with Gasteiger partial charge in [0, 0.05) is 33.3 Å². The average molecular weight is 548 g/mol. The minimum atomic E-state index is -3.25. The van der Waals surface area contributed by atoms with Gasteiger partial charge < -0.3 is 20.0 Å². The first kappa shape index (κ1) is 26.0. The van der Waals surface area contributed by atoms with Gasteiger partial charge in [-0.3, -0.25) is 4.79 Å². The SMILES string of the molecule is Cc1cc(CN=C(NCCc2ccco2)NCC(=O)N(C)C)ccc1S(C)(=O)=O.I. The van der Waals surface area contributed by atoms with Gasteiger partial charge in [-0.1, -0.05) is 12.1 Å². The fourth-order valence-electron chi connectivity index (χ4n) is 2.65. The molecule has 166 valence electrons. The van der Waals surface area contributed by atoms with E-state index in [0.717, 1.165) is 11.3 Å². The number of carbonyl (C=O) groups excluding carboxylic acids is 1. The largest absolute Gasteiger partial charge is 0.469 e. The monoisotopic (exact) mass is 548 g/mol. The smallest absolute Gasteiger partial charge is 0.241 e. The Hall–Kier alpha value is -2.08. The second-order valence-electron chi connectivity index (χ2n) is 6.93. The minimum absolute atomic E-state index is 0. The van der Waals surface area contributed by atoms with Crippen molar-refractivity contribution in [1.29, 1.82) is 0 Å². The Labute approximate surface area is 195 Å². The van der Waals surface area contributed by atoms with Crippen LogP contribution in [0.1, 0.15) is 16.9 Å². The number of sulfone groups is 1. The second-order valence-corrected chi connectivity index (χ2v) is 8.92. The second kappa shape index (κ2) is 11.9. The highest BCUT2D eigenvalue weighted by Gasteiger charge is 2.11. The van der Waals surface area contributed by atoms with Gasteiger partial charge in [0.05, 0.1) is 24.2 Å². The van der Waals surface area contributed by atoms with Crippen LogP contribution in [-0.2, 0) is 27.6 Å². The number of hydrogen-bond donors (Lipinski definition) is 2. The molecule has 2 aromatic rings. The summed E-state index contributed by atoms with van der Waals surface area (Å²) in [5.74, 6) is 1.28. The number of aliphatic imine (C=N–C) groups is 1. The number of benzene rings is 1. The number of halogens is 1. The number of likely N-dealkylation sites (N-methyl/N-ethyl adjacent to an activating group) is 1. The number of furan rings is 1. The fraction of sp³-hybridized carbons (Fsp3) is 0.400. The van der Waals surface area contributed by atoms with Crippen LogP contribution in [0, 0.1) is 6.92 Å². The van der Waals surface area contributed by atoms with Gasteiger partial charge in [-0.25, -0.2) is 13.4 Å². The number of amides is 1. The highest BCUT2D eigenvalue weighted by molar-refractivity contribution is 14.0. The third kappa shape index (κ3) is 8.34. The molecule has 0 radical (unpaired) electrons. The minimum Gasteiger partial charge on any atom is -0.469 e. The number of guanidine groups is 1. The lowest BCUT2D eigenvalue weighted by Crippen LogP contribution is -2.43. The van der Waals surface area contributed by atoms with Crippen LogP contribution in [0.3, 0.4) is 0 Å². The van der Waals surface area contributed by atoms with Crippen molar-refractivity contribution in [2.45, 2.75) is 24.8 Å². The molecule has 0 fully saturated rings. The molecule has 0 bridgehead atoms. The zero-order chi connectivity index (χ0) is 21.4. The van der Waals surface area contributed by atoms with E-state index in [-0.39, 0.29) is 36.4 Å². The third-order valence-corrected chi connectivity index (χ3v) is 5.47. The molecule has 0 atom stereocenters. The molecule has 1 heterocycles. The van der Waals surface area contributed by atoms with Gasteiger partial charge in [0.1, 0.15) is 5.76 Å². The maximum atomic E-state index is 11.9. The van der Waals surface area contributed by atoms with Gasteiger partial charge in [0.25, 0.3) is 0 Å². The van der Waals surface area contributed by atoms with Gasteiger partial charge in [0.2, 0.25) is 5.91 Å². The van der Waals surface area contributed by atoms with Crippen LogP contribution in [0.5, 0.6) is 0 Å². The third-order valence-electron chi connectivity index (χ3n) is 4.21. The van der Waals surface area contributed by atoms with Gasteiger partial charge >= 0.3 is 0 Å². The molecule has 30 heavy (non-hydrogen) atoms. The Morgan fingerprint density at radius 3 is 2.50 bits per heavy atom. The lowest BCUT2D eigenvalue weighted by Gasteiger charge is -2.15. The van der Waals surface area contributed by atoms with E-state index in [9.17, 15) is 13.2 Å². The summed E-state index contributed by atoms with van der Waals surface area (Å²) in [6, 6.07) is 8.89. The summed E-state index contributed by atoms with van der Waals surface area (Å²) in [4.78, 5) is 18.2. The molecule has 0 saturated heterocycles. The van der Waals surface area contributed by atoms with Gasteiger partial charge in [-0.05, 0) is 36.2 Å². The highest BCUT2D eigenvalue weighted by Crippen LogP contribution is 2.17. The van der Waals surface area contributed by atoms with E-state index in [1.54, 1.807) is 39.4 Å². The molecule has 8 nitrogen and oxygen atoms in total. The zero-order valence-electron chi connectivity index (χ0n) is 17.6. The molecule has 1 amide bonds. The van der Waals surface area contributed by atoms with E-state index < -0.39 is 9.84 Å². The maximum Gasteiger partial charge on any atom is 0.241 e. The number of rotatable bonds is 8. The van der Waals surface area contributed by atoms with E-state index >= 15 is 0 Å². The lowest BCUT2D eigenvalue weighted by atomic mass is 10.1. The molecule has 1 aromatic carbocycles. The molecule has 0 aliphatic heterocycles. The number of nitrogens with zero attached hydrogens (tertiary/aromatic N) is 2.